The van der Waals surface area contributed by atoms with E-state index in [1.165, 1.54) is 11.1 Å². The van der Waals surface area contributed by atoms with Crippen LogP contribution in [0.5, 0.6) is 0 Å². The lowest BCUT2D eigenvalue weighted by atomic mass is 10.0. The van der Waals surface area contributed by atoms with E-state index < -0.39 is 0 Å². The molecule has 2 aromatic heterocycles. The summed E-state index contributed by atoms with van der Waals surface area (Å²) in [4.78, 5) is 23.0. The van der Waals surface area contributed by atoms with E-state index in [2.05, 4.69) is 40.1 Å². The molecule has 0 atom stereocenters. The fraction of sp³-hybridized carbons (Fsp3) is 0.227. The molecule has 136 valence electrons. The van der Waals surface area contributed by atoms with Crippen molar-refractivity contribution in [2.75, 3.05) is 18.4 Å². The van der Waals surface area contributed by atoms with E-state index in [1.807, 2.05) is 23.2 Å². The van der Waals surface area contributed by atoms with E-state index >= 15 is 0 Å². The van der Waals surface area contributed by atoms with Gasteiger partial charge >= 0.3 is 0 Å². The third-order valence-electron chi connectivity index (χ3n) is 4.95. The van der Waals surface area contributed by atoms with Crippen molar-refractivity contribution in [2.24, 2.45) is 0 Å². The summed E-state index contributed by atoms with van der Waals surface area (Å²) in [5.41, 5.74) is 5.50. The van der Waals surface area contributed by atoms with Gasteiger partial charge in [-0.2, -0.15) is 0 Å². The minimum Gasteiger partial charge on any atom is -0.344 e. The number of hydrogen-bond donors (Lipinski definition) is 1. The Labute approximate surface area is 159 Å². The topological polar surface area (TPSA) is 58.1 Å². The number of aryl methyl sites for hydroxylation is 1. The van der Waals surface area contributed by atoms with Crippen LogP contribution in [0.1, 0.15) is 29.5 Å². The van der Waals surface area contributed by atoms with Crippen LogP contribution in [0.2, 0.25) is 0 Å². The van der Waals surface area contributed by atoms with Crippen LogP contribution in [0, 0.1) is 0 Å². The molecule has 0 unspecified atom stereocenters. The summed E-state index contributed by atoms with van der Waals surface area (Å²) in [6.45, 7) is 5.30. The highest BCUT2D eigenvalue weighted by Crippen LogP contribution is 2.25. The molecule has 0 fully saturated rings. The van der Waals surface area contributed by atoms with E-state index in [0.29, 0.717) is 6.54 Å². The van der Waals surface area contributed by atoms with Gasteiger partial charge in [0.15, 0.2) is 0 Å². The van der Waals surface area contributed by atoms with Crippen molar-refractivity contribution in [1.82, 2.24) is 14.9 Å². The number of fused-ring (bicyclic) bond motifs is 1. The maximum atomic E-state index is 12.5. The molecule has 5 heteroatoms. The fourth-order valence-corrected chi connectivity index (χ4v) is 3.40. The van der Waals surface area contributed by atoms with Crippen molar-refractivity contribution in [3.63, 3.8) is 0 Å². The summed E-state index contributed by atoms with van der Waals surface area (Å²) in [7, 11) is 0. The van der Waals surface area contributed by atoms with E-state index in [9.17, 15) is 4.79 Å². The Kier molecular flexibility index (Phi) is 4.83. The van der Waals surface area contributed by atoms with Gasteiger partial charge in [0.05, 0.1) is 0 Å². The van der Waals surface area contributed by atoms with Crippen LogP contribution in [0.15, 0.2) is 61.2 Å². The molecule has 1 N–H and O–H groups in total. The van der Waals surface area contributed by atoms with E-state index in [4.69, 9.17) is 0 Å². The van der Waals surface area contributed by atoms with Crippen LogP contribution in [0.3, 0.4) is 0 Å². The Morgan fingerprint density at radius 2 is 2.19 bits per heavy atom. The van der Waals surface area contributed by atoms with Crippen molar-refractivity contribution in [3.8, 4) is 0 Å². The second kappa shape index (κ2) is 7.58. The molecular weight excluding hydrogens is 336 g/mol. The lowest BCUT2D eigenvalue weighted by molar-refractivity contribution is -0.125. The van der Waals surface area contributed by atoms with E-state index in [-0.39, 0.29) is 5.91 Å². The molecular formula is C22H22N4O. The number of nitrogens with zero attached hydrogens (tertiary/aromatic N) is 3. The Bertz CT molecular complexity index is 931. The van der Waals surface area contributed by atoms with Gasteiger partial charge in [-0.1, -0.05) is 18.7 Å². The summed E-state index contributed by atoms with van der Waals surface area (Å²) in [6, 6.07) is 6.08. The highest BCUT2D eigenvalue weighted by atomic mass is 16.2. The van der Waals surface area contributed by atoms with Gasteiger partial charge < -0.3 is 10.2 Å². The summed E-state index contributed by atoms with van der Waals surface area (Å²) >= 11 is 0. The molecule has 27 heavy (non-hydrogen) atoms. The Hall–Kier alpha value is -3.21. The number of hydrogen-bond acceptors (Lipinski definition) is 4. The minimum atomic E-state index is 0.0284. The molecule has 0 spiro atoms. The van der Waals surface area contributed by atoms with E-state index in [1.54, 1.807) is 18.5 Å². The molecule has 0 aliphatic carbocycles. The summed E-state index contributed by atoms with van der Waals surface area (Å²) < 4.78 is 0. The number of carbonyl (C=O) groups is 1. The third-order valence-corrected chi connectivity index (χ3v) is 4.95. The zero-order valence-electron chi connectivity index (χ0n) is 15.2. The molecule has 0 bridgehead atoms. The van der Waals surface area contributed by atoms with Gasteiger partial charge in [0.25, 0.3) is 0 Å². The maximum absolute atomic E-state index is 12.5. The number of carbonyl (C=O) groups excluding carboxylic acids is 1. The second-order valence-electron chi connectivity index (χ2n) is 6.84. The van der Waals surface area contributed by atoms with Crippen molar-refractivity contribution < 1.29 is 4.79 Å². The first kappa shape index (κ1) is 17.2. The van der Waals surface area contributed by atoms with Crippen molar-refractivity contribution >= 4 is 23.4 Å². The van der Waals surface area contributed by atoms with Crippen molar-refractivity contribution in [1.29, 1.82) is 0 Å². The van der Waals surface area contributed by atoms with Gasteiger partial charge in [0.1, 0.15) is 5.82 Å². The molecule has 2 aliphatic rings. The first-order valence-electron chi connectivity index (χ1n) is 9.19. The smallest absolute Gasteiger partial charge is 0.246 e. The van der Waals surface area contributed by atoms with Gasteiger partial charge in [-0.3, -0.25) is 9.78 Å². The zero-order chi connectivity index (χ0) is 18.6. The summed E-state index contributed by atoms with van der Waals surface area (Å²) in [6.07, 6.45) is 13.7. The van der Waals surface area contributed by atoms with Gasteiger partial charge in [-0.05, 0) is 59.7 Å². The first-order chi connectivity index (χ1) is 13.2. The predicted octanol–water partition coefficient (Wildman–Crippen LogP) is 3.68. The molecule has 2 aromatic rings. The third kappa shape index (κ3) is 3.97. The monoisotopic (exact) mass is 358 g/mol. The number of nitrogens with one attached hydrogen (secondary N) is 1. The van der Waals surface area contributed by atoms with Gasteiger partial charge in [0.2, 0.25) is 5.91 Å². The number of pyridine rings is 2. The Balaban J connectivity index is 1.40. The average molecular weight is 358 g/mol. The normalized spacial score (nSPS) is 16.7. The van der Waals surface area contributed by atoms with Crippen molar-refractivity contribution in [3.05, 3.63) is 77.9 Å². The molecule has 4 rings (SSSR count). The number of amides is 1. The van der Waals surface area contributed by atoms with Crippen LogP contribution in [0.4, 0.5) is 5.82 Å². The van der Waals surface area contributed by atoms with Gasteiger partial charge in [0, 0.05) is 43.5 Å². The molecule has 0 saturated carbocycles. The number of anilines is 1. The van der Waals surface area contributed by atoms with Crippen LogP contribution < -0.4 is 5.32 Å². The Morgan fingerprint density at radius 3 is 2.96 bits per heavy atom. The molecule has 0 radical (unpaired) electrons. The SMILES string of the molecule is C=C1CCc2cc(/C=C/C(=O)N3CC=C(c4cccnc4)CC3)cnc2N1. The fourth-order valence-electron chi connectivity index (χ4n) is 3.40. The summed E-state index contributed by atoms with van der Waals surface area (Å²) in [5, 5.41) is 3.21. The predicted molar refractivity (Wildman–Crippen MR) is 108 cm³/mol. The van der Waals surface area contributed by atoms with Crippen LogP contribution in [-0.2, 0) is 11.2 Å². The number of aromatic nitrogens is 2. The van der Waals surface area contributed by atoms with E-state index in [0.717, 1.165) is 48.4 Å². The zero-order valence-corrected chi connectivity index (χ0v) is 15.2. The standard InChI is InChI=1S/C22H22N4O/c1-16-4-6-19-13-17(14-24-22(19)25-16)5-7-21(27)26-11-8-18(9-12-26)20-3-2-10-23-15-20/h2-3,5,7-8,10,13-15H,1,4,6,9,11-12H2,(H,24,25)/b7-5+. The molecule has 0 aromatic carbocycles. The maximum Gasteiger partial charge on any atom is 0.246 e. The first-order valence-corrected chi connectivity index (χ1v) is 9.19. The van der Waals surface area contributed by atoms with Crippen molar-refractivity contribution in [2.45, 2.75) is 19.3 Å². The molecule has 1 amide bonds. The minimum absolute atomic E-state index is 0.0284. The molecule has 5 nitrogen and oxygen atoms in total. The lowest BCUT2D eigenvalue weighted by Crippen LogP contribution is -2.33. The quantitative estimate of drug-likeness (QED) is 0.851. The van der Waals surface area contributed by atoms with Gasteiger partial charge in [-0.15, -0.1) is 0 Å². The highest BCUT2D eigenvalue weighted by molar-refractivity contribution is 5.92. The summed E-state index contributed by atoms with van der Waals surface area (Å²) in [5.74, 6) is 0.902. The lowest BCUT2D eigenvalue weighted by Gasteiger charge is -2.25. The van der Waals surface area contributed by atoms with Crippen LogP contribution in [0.25, 0.3) is 11.6 Å². The van der Waals surface area contributed by atoms with Gasteiger partial charge in [-0.25, -0.2) is 4.98 Å². The molecule has 0 saturated heterocycles. The average Bonchev–Trinajstić information content (AvgIpc) is 2.72. The molecule has 2 aliphatic heterocycles. The van der Waals surface area contributed by atoms with Crippen LogP contribution in [-0.4, -0.2) is 33.9 Å². The number of allylic oxidation sites excluding steroid dienone is 1. The van der Waals surface area contributed by atoms with Crippen LogP contribution >= 0.6 is 0 Å². The number of rotatable bonds is 3. The second-order valence-corrected chi connectivity index (χ2v) is 6.84. The molecule has 4 heterocycles. The highest BCUT2D eigenvalue weighted by Gasteiger charge is 2.16. The Morgan fingerprint density at radius 1 is 1.26 bits per heavy atom. The largest absolute Gasteiger partial charge is 0.344 e.